The molecule has 2 heterocycles. The van der Waals surface area contributed by atoms with Gasteiger partial charge in [0.1, 0.15) is 6.04 Å². The number of aliphatic hydroxyl groups is 1. The van der Waals surface area contributed by atoms with Crippen LogP contribution >= 0.6 is 0 Å². The summed E-state index contributed by atoms with van der Waals surface area (Å²) in [6.07, 6.45) is 2.26. The quantitative estimate of drug-likeness (QED) is 0.429. The molecule has 4 heteroatoms. The number of hydrogen-bond donors (Lipinski definition) is 3. The van der Waals surface area contributed by atoms with Gasteiger partial charge in [-0.2, -0.15) is 0 Å². The van der Waals surface area contributed by atoms with Crippen molar-refractivity contribution in [2.45, 2.75) is 18.9 Å². The molecule has 0 aliphatic carbocycles. The van der Waals surface area contributed by atoms with Gasteiger partial charge in [0.05, 0.1) is 26.2 Å². The maximum absolute atomic E-state index is 8.96. The van der Waals surface area contributed by atoms with Crippen LogP contribution in [0.4, 0.5) is 0 Å². The second-order valence-electron chi connectivity index (χ2n) is 3.43. The third-order valence-electron chi connectivity index (χ3n) is 2.52. The Morgan fingerprint density at radius 1 is 1.50 bits per heavy atom. The fraction of sp³-hybridized carbons (Fsp3) is 0.875. The van der Waals surface area contributed by atoms with Crippen LogP contribution in [0.2, 0.25) is 0 Å². The number of aliphatic hydroxyl groups excluding tert-OH is 1. The van der Waals surface area contributed by atoms with Gasteiger partial charge in [-0.1, -0.05) is 0 Å². The van der Waals surface area contributed by atoms with Crippen LogP contribution in [0, 0.1) is 0 Å². The summed E-state index contributed by atoms with van der Waals surface area (Å²) in [6, 6.07) is 0.252. The van der Waals surface area contributed by atoms with Crippen molar-refractivity contribution in [3.05, 3.63) is 0 Å². The SMILES string of the molecule is OC[C@@H]1CC[N+]2=C(NCCC2)N1. The fourth-order valence-electron chi connectivity index (χ4n) is 1.78. The van der Waals surface area contributed by atoms with Crippen LogP contribution < -0.4 is 10.6 Å². The Hall–Kier alpha value is -0.770. The Labute approximate surface area is 72.3 Å². The van der Waals surface area contributed by atoms with Crippen LogP contribution in [0.1, 0.15) is 12.8 Å². The van der Waals surface area contributed by atoms with Crippen LogP contribution in [0.15, 0.2) is 0 Å². The van der Waals surface area contributed by atoms with Gasteiger partial charge in [-0.25, -0.2) is 0 Å². The zero-order chi connectivity index (χ0) is 8.39. The van der Waals surface area contributed by atoms with Crippen molar-refractivity contribution < 1.29 is 9.68 Å². The molecule has 68 valence electrons. The van der Waals surface area contributed by atoms with Crippen LogP contribution in [0.3, 0.4) is 0 Å². The average Bonchev–Trinajstić information content (AvgIpc) is 2.17. The molecular formula is C8H16N3O+. The van der Waals surface area contributed by atoms with Crippen molar-refractivity contribution in [1.82, 2.24) is 10.6 Å². The molecule has 0 saturated heterocycles. The highest BCUT2D eigenvalue weighted by Crippen LogP contribution is 2.01. The van der Waals surface area contributed by atoms with Gasteiger partial charge in [-0.3, -0.25) is 15.2 Å². The second-order valence-corrected chi connectivity index (χ2v) is 3.43. The van der Waals surface area contributed by atoms with Gasteiger partial charge in [-0.05, 0) is 0 Å². The molecule has 2 aliphatic rings. The van der Waals surface area contributed by atoms with Crippen LogP contribution in [-0.2, 0) is 0 Å². The van der Waals surface area contributed by atoms with E-state index in [9.17, 15) is 0 Å². The van der Waals surface area contributed by atoms with Crippen molar-refractivity contribution in [2.75, 3.05) is 26.2 Å². The predicted octanol–water partition coefficient (Wildman–Crippen LogP) is -1.30. The summed E-state index contributed by atoms with van der Waals surface area (Å²) >= 11 is 0. The number of guanidine groups is 1. The second kappa shape index (κ2) is 3.31. The number of hydrogen-bond acceptors (Lipinski definition) is 3. The summed E-state index contributed by atoms with van der Waals surface area (Å²) in [5, 5.41) is 15.6. The summed E-state index contributed by atoms with van der Waals surface area (Å²) in [5.74, 6) is 1.12. The molecule has 0 bridgehead atoms. The molecule has 0 radical (unpaired) electrons. The lowest BCUT2D eigenvalue weighted by Gasteiger charge is -2.26. The summed E-state index contributed by atoms with van der Waals surface area (Å²) < 4.78 is 2.32. The van der Waals surface area contributed by atoms with Crippen molar-refractivity contribution in [3.63, 3.8) is 0 Å². The van der Waals surface area contributed by atoms with E-state index in [4.69, 9.17) is 5.11 Å². The lowest BCUT2D eigenvalue weighted by molar-refractivity contribution is -0.541. The standard InChI is InChI=1S/C8H15N3O/c12-6-7-2-5-11-4-1-3-9-8(11)10-7/h7,12H,1-6H2,(H,9,10)/p+1/t7-/m0/s1. The molecule has 12 heavy (non-hydrogen) atoms. The van der Waals surface area contributed by atoms with Gasteiger partial charge in [0.2, 0.25) is 0 Å². The third kappa shape index (κ3) is 1.39. The van der Waals surface area contributed by atoms with E-state index >= 15 is 0 Å². The number of nitrogens with one attached hydrogen (secondary N) is 2. The fourth-order valence-corrected chi connectivity index (χ4v) is 1.78. The van der Waals surface area contributed by atoms with E-state index in [1.807, 2.05) is 0 Å². The molecule has 0 spiro atoms. The van der Waals surface area contributed by atoms with Gasteiger partial charge in [0.15, 0.2) is 0 Å². The predicted molar refractivity (Wildman–Crippen MR) is 46.2 cm³/mol. The van der Waals surface area contributed by atoms with Crippen LogP contribution in [-0.4, -0.2) is 47.9 Å². The minimum Gasteiger partial charge on any atom is -0.393 e. The molecule has 0 unspecified atom stereocenters. The van der Waals surface area contributed by atoms with E-state index in [2.05, 4.69) is 15.2 Å². The Balaban J connectivity index is 2.05. The maximum atomic E-state index is 8.96. The summed E-state index contributed by atoms with van der Waals surface area (Å²) in [7, 11) is 0. The first kappa shape index (κ1) is 7.86. The van der Waals surface area contributed by atoms with E-state index < -0.39 is 0 Å². The normalized spacial score (nSPS) is 28.9. The van der Waals surface area contributed by atoms with E-state index in [-0.39, 0.29) is 12.6 Å². The summed E-state index contributed by atoms with van der Waals surface area (Å²) in [6.45, 7) is 3.50. The first-order chi connectivity index (χ1) is 5.90. The lowest BCUT2D eigenvalue weighted by Crippen LogP contribution is -2.57. The average molecular weight is 170 g/mol. The van der Waals surface area contributed by atoms with Gasteiger partial charge >= 0.3 is 5.96 Å². The highest BCUT2D eigenvalue weighted by molar-refractivity contribution is 5.75. The number of rotatable bonds is 1. The minimum atomic E-state index is 0.235. The molecule has 3 N–H and O–H groups in total. The molecule has 2 rings (SSSR count). The highest BCUT2D eigenvalue weighted by Gasteiger charge is 2.26. The monoisotopic (exact) mass is 170 g/mol. The number of nitrogens with zero attached hydrogens (tertiary/aromatic N) is 1. The van der Waals surface area contributed by atoms with Gasteiger partial charge in [-0.15, -0.1) is 0 Å². The molecule has 1 atom stereocenters. The van der Waals surface area contributed by atoms with E-state index in [1.165, 1.54) is 6.42 Å². The Bertz CT molecular complexity index is 202. The Kier molecular flexibility index (Phi) is 2.17. The highest BCUT2D eigenvalue weighted by atomic mass is 16.3. The zero-order valence-electron chi connectivity index (χ0n) is 7.21. The maximum Gasteiger partial charge on any atom is 0.346 e. The molecular weight excluding hydrogens is 154 g/mol. The molecule has 0 amide bonds. The molecule has 0 saturated carbocycles. The molecule has 2 aliphatic heterocycles. The first-order valence-electron chi connectivity index (χ1n) is 4.63. The van der Waals surface area contributed by atoms with Crippen LogP contribution in [0.25, 0.3) is 0 Å². The van der Waals surface area contributed by atoms with Crippen molar-refractivity contribution in [2.24, 2.45) is 0 Å². The third-order valence-corrected chi connectivity index (χ3v) is 2.52. The van der Waals surface area contributed by atoms with E-state index in [0.717, 1.165) is 32.0 Å². The zero-order valence-corrected chi connectivity index (χ0v) is 7.21. The van der Waals surface area contributed by atoms with Gasteiger partial charge in [0.25, 0.3) is 0 Å². The largest absolute Gasteiger partial charge is 0.393 e. The van der Waals surface area contributed by atoms with Crippen molar-refractivity contribution in [1.29, 1.82) is 0 Å². The van der Waals surface area contributed by atoms with E-state index in [1.54, 1.807) is 0 Å². The molecule has 0 aromatic carbocycles. The van der Waals surface area contributed by atoms with Crippen molar-refractivity contribution >= 4 is 5.96 Å². The minimum absolute atomic E-state index is 0.235. The molecule has 4 nitrogen and oxygen atoms in total. The van der Waals surface area contributed by atoms with Gasteiger partial charge in [0, 0.05) is 12.8 Å². The van der Waals surface area contributed by atoms with Crippen LogP contribution in [0.5, 0.6) is 0 Å². The lowest BCUT2D eigenvalue weighted by atomic mass is 10.1. The first-order valence-corrected chi connectivity index (χ1v) is 4.63. The van der Waals surface area contributed by atoms with Crippen molar-refractivity contribution in [3.8, 4) is 0 Å². The topological polar surface area (TPSA) is 47.3 Å². The molecule has 0 fully saturated rings. The summed E-state index contributed by atoms with van der Waals surface area (Å²) in [5.41, 5.74) is 0. The van der Waals surface area contributed by atoms with Gasteiger partial charge < -0.3 is 5.11 Å². The molecule has 0 aromatic rings. The smallest absolute Gasteiger partial charge is 0.346 e. The Morgan fingerprint density at radius 3 is 3.25 bits per heavy atom. The molecule has 0 aromatic heterocycles. The Morgan fingerprint density at radius 2 is 2.42 bits per heavy atom. The summed E-state index contributed by atoms with van der Waals surface area (Å²) in [4.78, 5) is 0. The van der Waals surface area contributed by atoms with E-state index in [0.29, 0.717) is 0 Å².